The smallest absolute Gasteiger partial charge is 0.203 e. The van der Waals surface area contributed by atoms with E-state index >= 15 is 0 Å². The summed E-state index contributed by atoms with van der Waals surface area (Å²) in [5, 5.41) is 0. The fourth-order valence-electron chi connectivity index (χ4n) is 3.66. The maximum absolute atomic E-state index is 5.47. The third kappa shape index (κ3) is 5.35. The Bertz CT molecular complexity index is 797. The van der Waals surface area contributed by atoms with Gasteiger partial charge in [-0.05, 0) is 51.3 Å². The molecule has 6 nitrogen and oxygen atoms in total. The molecule has 1 aliphatic heterocycles. The molecule has 0 bridgehead atoms. The summed E-state index contributed by atoms with van der Waals surface area (Å²) in [6.07, 6.45) is 0. The van der Waals surface area contributed by atoms with Gasteiger partial charge in [0.2, 0.25) is 5.75 Å². The third-order valence-electron chi connectivity index (χ3n) is 5.22. The van der Waals surface area contributed by atoms with Crippen LogP contribution < -0.4 is 18.9 Å². The van der Waals surface area contributed by atoms with E-state index in [0.717, 1.165) is 55.1 Å². The Morgan fingerprint density at radius 2 is 1.21 bits per heavy atom. The Hall–Kier alpha value is -1.96. The molecule has 158 valence electrons. The van der Waals surface area contributed by atoms with Crippen LogP contribution in [0.1, 0.15) is 11.1 Å². The second-order valence-electron chi connectivity index (χ2n) is 7.05. The average Bonchev–Trinajstić information content (AvgIpc) is 2.74. The van der Waals surface area contributed by atoms with Crippen molar-refractivity contribution >= 4 is 15.9 Å². The quantitative estimate of drug-likeness (QED) is 0.591. The van der Waals surface area contributed by atoms with E-state index in [0.29, 0.717) is 17.2 Å². The van der Waals surface area contributed by atoms with Crippen LogP contribution in [0.25, 0.3) is 0 Å². The largest absolute Gasteiger partial charge is 0.496 e. The van der Waals surface area contributed by atoms with Crippen LogP contribution in [0.2, 0.25) is 0 Å². The normalized spacial score (nSPS) is 15.2. The highest BCUT2D eigenvalue weighted by Crippen LogP contribution is 2.38. The first-order valence-corrected chi connectivity index (χ1v) is 10.4. The van der Waals surface area contributed by atoms with Gasteiger partial charge in [-0.1, -0.05) is 6.07 Å². The first kappa shape index (κ1) is 21.7. The van der Waals surface area contributed by atoms with Crippen molar-refractivity contribution in [1.29, 1.82) is 0 Å². The second-order valence-corrected chi connectivity index (χ2v) is 7.91. The van der Waals surface area contributed by atoms with E-state index in [2.05, 4.69) is 37.9 Å². The molecular weight excluding hydrogens is 436 g/mol. The minimum Gasteiger partial charge on any atom is -0.496 e. The first-order chi connectivity index (χ1) is 14.1. The van der Waals surface area contributed by atoms with Gasteiger partial charge in [0.05, 0.1) is 32.9 Å². The van der Waals surface area contributed by atoms with Gasteiger partial charge in [0.15, 0.2) is 11.5 Å². The van der Waals surface area contributed by atoms with Crippen LogP contribution in [-0.4, -0.2) is 64.4 Å². The number of nitrogens with zero attached hydrogens (tertiary/aromatic N) is 2. The molecule has 1 heterocycles. The Balaban J connectivity index is 1.58. The molecule has 2 aromatic rings. The fourth-order valence-corrected chi connectivity index (χ4v) is 4.24. The van der Waals surface area contributed by atoms with Crippen LogP contribution in [0.15, 0.2) is 34.8 Å². The van der Waals surface area contributed by atoms with Crippen LogP contribution in [0.3, 0.4) is 0 Å². The molecule has 0 N–H and O–H groups in total. The summed E-state index contributed by atoms with van der Waals surface area (Å²) < 4.78 is 22.7. The minimum absolute atomic E-state index is 0.634. The maximum atomic E-state index is 5.47. The van der Waals surface area contributed by atoms with E-state index in [1.165, 1.54) is 5.56 Å². The zero-order valence-corrected chi connectivity index (χ0v) is 19.1. The summed E-state index contributed by atoms with van der Waals surface area (Å²) in [4.78, 5) is 4.95. The van der Waals surface area contributed by atoms with Gasteiger partial charge < -0.3 is 18.9 Å². The van der Waals surface area contributed by atoms with Gasteiger partial charge in [-0.15, -0.1) is 0 Å². The fraction of sp³-hybridized carbons (Fsp3) is 0.455. The number of benzene rings is 2. The number of rotatable bonds is 8. The molecule has 0 saturated carbocycles. The van der Waals surface area contributed by atoms with Crippen LogP contribution >= 0.6 is 15.9 Å². The van der Waals surface area contributed by atoms with Crippen LogP contribution in [0.4, 0.5) is 0 Å². The van der Waals surface area contributed by atoms with Gasteiger partial charge in [-0.2, -0.15) is 0 Å². The van der Waals surface area contributed by atoms with Crippen molar-refractivity contribution in [1.82, 2.24) is 9.80 Å². The highest BCUT2D eigenvalue weighted by atomic mass is 79.9. The molecule has 0 atom stereocenters. The summed E-state index contributed by atoms with van der Waals surface area (Å²) in [5.41, 5.74) is 2.45. The van der Waals surface area contributed by atoms with Crippen LogP contribution in [0.5, 0.6) is 23.0 Å². The van der Waals surface area contributed by atoms with E-state index in [1.54, 1.807) is 28.4 Å². The molecule has 29 heavy (non-hydrogen) atoms. The van der Waals surface area contributed by atoms with Gasteiger partial charge in [0.1, 0.15) is 5.75 Å². The lowest BCUT2D eigenvalue weighted by Crippen LogP contribution is -2.45. The second kappa shape index (κ2) is 10.2. The number of ether oxygens (including phenoxy) is 4. The van der Waals surface area contributed by atoms with Crippen molar-refractivity contribution in [3.63, 3.8) is 0 Å². The van der Waals surface area contributed by atoms with Crippen molar-refractivity contribution in [3.05, 3.63) is 45.9 Å². The molecule has 0 unspecified atom stereocenters. The summed E-state index contributed by atoms with van der Waals surface area (Å²) in [6, 6.07) is 10.3. The predicted octanol–water partition coefficient (Wildman–Crippen LogP) is 3.80. The molecule has 2 aromatic carbocycles. The zero-order chi connectivity index (χ0) is 20.8. The summed E-state index contributed by atoms with van der Waals surface area (Å²) in [7, 11) is 6.61. The van der Waals surface area contributed by atoms with Crippen molar-refractivity contribution in [2.45, 2.75) is 13.1 Å². The van der Waals surface area contributed by atoms with Gasteiger partial charge in [0, 0.05) is 39.3 Å². The Labute approximate surface area is 181 Å². The maximum Gasteiger partial charge on any atom is 0.203 e. The molecule has 1 saturated heterocycles. The van der Waals surface area contributed by atoms with Gasteiger partial charge >= 0.3 is 0 Å². The van der Waals surface area contributed by atoms with Crippen molar-refractivity contribution in [2.75, 3.05) is 54.6 Å². The number of hydrogen-bond donors (Lipinski definition) is 0. The minimum atomic E-state index is 0.634. The summed E-state index contributed by atoms with van der Waals surface area (Å²) >= 11 is 3.57. The van der Waals surface area contributed by atoms with Gasteiger partial charge in [-0.3, -0.25) is 9.80 Å². The number of hydrogen-bond acceptors (Lipinski definition) is 6. The Morgan fingerprint density at radius 1 is 0.690 bits per heavy atom. The number of halogens is 1. The Morgan fingerprint density at radius 3 is 1.66 bits per heavy atom. The standard InChI is InChI=1S/C22H29BrN2O4/c1-26-19-6-5-16(11-18(19)23)14-24-7-9-25(10-8-24)15-17-12-20(27-2)22(29-4)21(13-17)28-3/h5-6,11-13H,7-10,14-15H2,1-4H3. The van der Waals surface area contributed by atoms with E-state index in [-0.39, 0.29) is 0 Å². The van der Waals surface area contributed by atoms with Crippen LogP contribution in [0, 0.1) is 0 Å². The van der Waals surface area contributed by atoms with Crippen molar-refractivity contribution < 1.29 is 18.9 Å². The Kier molecular flexibility index (Phi) is 7.64. The number of piperazine rings is 1. The van der Waals surface area contributed by atoms with Crippen molar-refractivity contribution in [3.8, 4) is 23.0 Å². The van der Waals surface area contributed by atoms with E-state index < -0.39 is 0 Å². The van der Waals surface area contributed by atoms with E-state index in [9.17, 15) is 0 Å². The molecule has 7 heteroatoms. The lowest BCUT2D eigenvalue weighted by Gasteiger charge is -2.35. The highest BCUT2D eigenvalue weighted by molar-refractivity contribution is 9.10. The summed E-state index contributed by atoms with van der Waals surface area (Å²) in [5.74, 6) is 2.90. The molecule has 0 radical (unpaired) electrons. The van der Waals surface area contributed by atoms with Gasteiger partial charge in [-0.25, -0.2) is 0 Å². The lowest BCUT2D eigenvalue weighted by atomic mass is 10.1. The summed E-state index contributed by atoms with van der Waals surface area (Å²) in [6.45, 7) is 5.92. The van der Waals surface area contributed by atoms with E-state index in [4.69, 9.17) is 18.9 Å². The topological polar surface area (TPSA) is 43.4 Å². The van der Waals surface area contributed by atoms with E-state index in [1.807, 2.05) is 18.2 Å². The third-order valence-corrected chi connectivity index (χ3v) is 5.84. The van der Waals surface area contributed by atoms with Crippen LogP contribution in [-0.2, 0) is 13.1 Å². The molecular formula is C22H29BrN2O4. The first-order valence-electron chi connectivity index (χ1n) is 9.64. The predicted molar refractivity (Wildman–Crippen MR) is 117 cm³/mol. The van der Waals surface area contributed by atoms with Crippen molar-refractivity contribution in [2.24, 2.45) is 0 Å². The monoisotopic (exact) mass is 464 g/mol. The lowest BCUT2D eigenvalue weighted by molar-refractivity contribution is 0.122. The molecule has 1 aliphatic rings. The number of methoxy groups -OCH3 is 4. The SMILES string of the molecule is COc1ccc(CN2CCN(Cc3cc(OC)c(OC)c(OC)c3)CC2)cc1Br. The average molecular weight is 465 g/mol. The molecule has 1 fully saturated rings. The molecule has 3 rings (SSSR count). The highest BCUT2D eigenvalue weighted by Gasteiger charge is 2.19. The molecule has 0 spiro atoms. The molecule has 0 aliphatic carbocycles. The molecule has 0 amide bonds. The van der Waals surface area contributed by atoms with Gasteiger partial charge in [0.25, 0.3) is 0 Å². The zero-order valence-electron chi connectivity index (χ0n) is 17.5. The molecule has 0 aromatic heterocycles.